The van der Waals surface area contributed by atoms with Crippen LogP contribution in [0.5, 0.6) is 0 Å². The Labute approximate surface area is 178 Å². The molecule has 4 nitrogen and oxygen atoms in total. The number of fused-ring (bicyclic) bond motifs is 1. The van der Waals surface area contributed by atoms with E-state index in [-0.39, 0.29) is 5.91 Å². The standard InChI is InChI=1S/C24H22BrN3O/c1-2-28-22-10-6-5-9-21(22)27-23(28)16-13-17-11-14-18(15-12-17)26-24(29)19-7-3-4-8-20(19)25/h3-12,14-15H,2,13,16H2,1H3,(H,26,29). The summed E-state index contributed by atoms with van der Waals surface area (Å²) in [6.07, 6.45) is 1.78. The van der Waals surface area contributed by atoms with Crippen molar-refractivity contribution in [3.63, 3.8) is 0 Å². The summed E-state index contributed by atoms with van der Waals surface area (Å²) < 4.78 is 3.06. The highest BCUT2D eigenvalue weighted by Crippen LogP contribution is 2.20. The van der Waals surface area contributed by atoms with Gasteiger partial charge in [0, 0.05) is 23.1 Å². The first-order valence-corrected chi connectivity index (χ1v) is 10.5. The molecule has 0 bridgehead atoms. The average Bonchev–Trinajstić information content (AvgIpc) is 3.11. The van der Waals surface area contributed by atoms with Gasteiger partial charge in [-0.3, -0.25) is 4.79 Å². The van der Waals surface area contributed by atoms with E-state index in [2.05, 4.69) is 63.1 Å². The molecule has 0 saturated heterocycles. The molecule has 0 spiro atoms. The lowest BCUT2D eigenvalue weighted by Gasteiger charge is -2.09. The van der Waals surface area contributed by atoms with Gasteiger partial charge < -0.3 is 9.88 Å². The molecule has 0 aliphatic heterocycles. The first-order valence-electron chi connectivity index (χ1n) is 9.74. The topological polar surface area (TPSA) is 46.9 Å². The predicted octanol–water partition coefficient (Wildman–Crippen LogP) is 5.86. The number of imidazole rings is 1. The molecule has 0 aliphatic carbocycles. The number of amides is 1. The van der Waals surface area contributed by atoms with Crippen LogP contribution in [-0.4, -0.2) is 15.5 Å². The monoisotopic (exact) mass is 447 g/mol. The summed E-state index contributed by atoms with van der Waals surface area (Å²) in [7, 11) is 0. The first kappa shape index (κ1) is 19.4. The molecule has 0 radical (unpaired) electrons. The Bertz CT molecular complexity index is 1150. The van der Waals surface area contributed by atoms with Crippen LogP contribution in [0.1, 0.15) is 28.7 Å². The zero-order chi connectivity index (χ0) is 20.2. The van der Waals surface area contributed by atoms with Crippen molar-refractivity contribution in [1.82, 2.24) is 9.55 Å². The van der Waals surface area contributed by atoms with E-state index in [4.69, 9.17) is 4.98 Å². The summed E-state index contributed by atoms with van der Waals surface area (Å²) in [6.45, 7) is 3.07. The lowest BCUT2D eigenvalue weighted by atomic mass is 10.1. The largest absolute Gasteiger partial charge is 0.328 e. The second-order valence-corrected chi connectivity index (χ2v) is 7.75. The van der Waals surface area contributed by atoms with Crippen LogP contribution < -0.4 is 5.32 Å². The zero-order valence-corrected chi connectivity index (χ0v) is 17.8. The summed E-state index contributed by atoms with van der Waals surface area (Å²) >= 11 is 3.42. The maximum Gasteiger partial charge on any atom is 0.256 e. The molecule has 29 heavy (non-hydrogen) atoms. The molecule has 3 aromatic carbocycles. The Morgan fingerprint density at radius 3 is 2.45 bits per heavy atom. The van der Waals surface area contributed by atoms with E-state index in [1.54, 1.807) is 6.07 Å². The molecule has 0 saturated carbocycles. The summed E-state index contributed by atoms with van der Waals surface area (Å²) in [5.74, 6) is 0.988. The number of hydrogen-bond acceptors (Lipinski definition) is 2. The van der Waals surface area contributed by atoms with E-state index in [1.807, 2.05) is 36.4 Å². The Morgan fingerprint density at radius 1 is 0.966 bits per heavy atom. The summed E-state index contributed by atoms with van der Waals surface area (Å²) in [5.41, 5.74) is 4.87. The van der Waals surface area contributed by atoms with E-state index < -0.39 is 0 Å². The third-order valence-electron chi connectivity index (χ3n) is 5.02. The van der Waals surface area contributed by atoms with Gasteiger partial charge in [0.05, 0.1) is 16.6 Å². The maximum atomic E-state index is 12.4. The molecule has 0 unspecified atom stereocenters. The lowest BCUT2D eigenvalue weighted by molar-refractivity contribution is 0.102. The lowest BCUT2D eigenvalue weighted by Crippen LogP contribution is -2.12. The van der Waals surface area contributed by atoms with E-state index in [1.165, 1.54) is 11.1 Å². The molecule has 0 aliphatic rings. The van der Waals surface area contributed by atoms with Crippen molar-refractivity contribution in [3.05, 3.63) is 94.2 Å². The number of aromatic nitrogens is 2. The van der Waals surface area contributed by atoms with Crippen molar-refractivity contribution in [2.24, 2.45) is 0 Å². The van der Waals surface area contributed by atoms with Crippen molar-refractivity contribution < 1.29 is 4.79 Å². The molecule has 5 heteroatoms. The predicted molar refractivity (Wildman–Crippen MR) is 121 cm³/mol. The van der Waals surface area contributed by atoms with Gasteiger partial charge in [0.1, 0.15) is 5.82 Å². The molecule has 4 aromatic rings. The molecule has 1 aromatic heterocycles. The Balaban J connectivity index is 1.43. The maximum absolute atomic E-state index is 12.4. The molecule has 4 rings (SSSR count). The Morgan fingerprint density at radius 2 is 1.69 bits per heavy atom. The van der Waals surface area contributed by atoms with Gasteiger partial charge in [-0.15, -0.1) is 0 Å². The number of carbonyl (C=O) groups excluding carboxylic acids is 1. The number of aryl methyl sites for hydroxylation is 3. The summed E-state index contributed by atoms with van der Waals surface area (Å²) in [5, 5.41) is 2.95. The van der Waals surface area contributed by atoms with Gasteiger partial charge >= 0.3 is 0 Å². The van der Waals surface area contributed by atoms with E-state index >= 15 is 0 Å². The quantitative estimate of drug-likeness (QED) is 0.402. The summed E-state index contributed by atoms with van der Waals surface area (Å²) in [4.78, 5) is 17.2. The van der Waals surface area contributed by atoms with Gasteiger partial charge in [0.25, 0.3) is 5.91 Å². The van der Waals surface area contributed by atoms with E-state index in [9.17, 15) is 4.79 Å². The average molecular weight is 448 g/mol. The number of anilines is 1. The molecule has 1 N–H and O–H groups in total. The number of nitrogens with zero attached hydrogens (tertiary/aromatic N) is 2. The number of benzene rings is 3. The van der Waals surface area contributed by atoms with Crippen molar-refractivity contribution >= 4 is 38.6 Å². The van der Waals surface area contributed by atoms with Gasteiger partial charge in [0.2, 0.25) is 0 Å². The number of hydrogen-bond donors (Lipinski definition) is 1. The van der Waals surface area contributed by atoms with E-state index in [0.717, 1.165) is 40.9 Å². The SMILES string of the molecule is CCn1c(CCc2ccc(NC(=O)c3ccccc3Br)cc2)nc2ccccc21. The van der Waals surface area contributed by atoms with Crippen LogP contribution in [0, 0.1) is 0 Å². The number of rotatable bonds is 6. The fraction of sp³-hybridized carbons (Fsp3) is 0.167. The molecular formula is C24H22BrN3O. The number of carbonyl (C=O) groups is 1. The van der Waals surface area contributed by atoms with Gasteiger partial charge in [0.15, 0.2) is 0 Å². The second kappa shape index (κ2) is 8.62. The molecule has 146 valence electrons. The number of halogens is 1. The van der Waals surface area contributed by atoms with Gasteiger partial charge in [-0.1, -0.05) is 36.4 Å². The van der Waals surface area contributed by atoms with Gasteiger partial charge in [-0.25, -0.2) is 4.98 Å². The smallest absolute Gasteiger partial charge is 0.256 e. The molecule has 0 atom stereocenters. The van der Waals surface area contributed by atoms with Gasteiger partial charge in [-0.05, 0) is 71.2 Å². The third kappa shape index (κ3) is 4.25. The normalized spacial score (nSPS) is 11.0. The minimum Gasteiger partial charge on any atom is -0.328 e. The zero-order valence-electron chi connectivity index (χ0n) is 16.2. The minimum absolute atomic E-state index is 0.123. The second-order valence-electron chi connectivity index (χ2n) is 6.89. The molecular weight excluding hydrogens is 426 g/mol. The number of para-hydroxylation sites is 2. The highest BCUT2D eigenvalue weighted by atomic mass is 79.9. The van der Waals surface area contributed by atoms with Crippen molar-refractivity contribution in [2.75, 3.05) is 5.32 Å². The van der Waals surface area contributed by atoms with Crippen LogP contribution in [-0.2, 0) is 19.4 Å². The van der Waals surface area contributed by atoms with Crippen LogP contribution in [0.25, 0.3) is 11.0 Å². The van der Waals surface area contributed by atoms with Crippen molar-refractivity contribution in [3.8, 4) is 0 Å². The first-order chi connectivity index (χ1) is 14.2. The molecule has 1 heterocycles. The Kier molecular flexibility index (Phi) is 5.76. The van der Waals surface area contributed by atoms with Crippen LogP contribution in [0.15, 0.2) is 77.3 Å². The van der Waals surface area contributed by atoms with Crippen molar-refractivity contribution in [1.29, 1.82) is 0 Å². The molecule has 1 amide bonds. The Hall–Kier alpha value is -2.92. The molecule has 0 fully saturated rings. The van der Waals surface area contributed by atoms with E-state index in [0.29, 0.717) is 5.56 Å². The van der Waals surface area contributed by atoms with Crippen LogP contribution in [0.4, 0.5) is 5.69 Å². The minimum atomic E-state index is -0.123. The van der Waals surface area contributed by atoms with Crippen LogP contribution >= 0.6 is 15.9 Å². The van der Waals surface area contributed by atoms with Crippen LogP contribution in [0.2, 0.25) is 0 Å². The fourth-order valence-electron chi connectivity index (χ4n) is 3.52. The highest BCUT2D eigenvalue weighted by molar-refractivity contribution is 9.10. The van der Waals surface area contributed by atoms with Crippen LogP contribution in [0.3, 0.4) is 0 Å². The third-order valence-corrected chi connectivity index (χ3v) is 5.71. The number of nitrogens with one attached hydrogen (secondary N) is 1. The fourth-order valence-corrected chi connectivity index (χ4v) is 3.99. The van der Waals surface area contributed by atoms with Gasteiger partial charge in [-0.2, -0.15) is 0 Å². The highest BCUT2D eigenvalue weighted by Gasteiger charge is 2.11. The summed E-state index contributed by atoms with van der Waals surface area (Å²) in [6, 6.07) is 23.7. The van der Waals surface area contributed by atoms with Crippen molar-refractivity contribution in [2.45, 2.75) is 26.3 Å².